The van der Waals surface area contributed by atoms with Crippen LogP contribution in [0.25, 0.3) is 0 Å². The number of nitrogens with one attached hydrogen (secondary N) is 2. The standard InChI is InChI=1S/C19H21N3O3/c1-14(2)25-17-11-7-6-8-15(17)13-20-22-19(24)12-18(23)21-16-9-4-3-5-10-16/h3-11,13-14H,12H2,1-2H3,(H,21,23)(H,22,24). The van der Waals surface area contributed by atoms with Crippen molar-refractivity contribution < 1.29 is 14.3 Å². The monoisotopic (exact) mass is 339 g/mol. The van der Waals surface area contributed by atoms with Crippen molar-refractivity contribution in [3.8, 4) is 5.75 Å². The number of hydrogen-bond donors (Lipinski definition) is 2. The van der Waals surface area contributed by atoms with E-state index >= 15 is 0 Å². The van der Waals surface area contributed by atoms with Gasteiger partial charge in [0.15, 0.2) is 0 Å². The van der Waals surface area contributed by atoms with Crippen LogP contribution in [0.2, 0.25) is 0 Å². The molecule has 0 aromatic heterocycles. The van der Waals surface area contributed by atoms with E-state index in [0.717, 1.165) is 5.56 Å². The van der Waals surface area contributed by atoms with Gasteiger partial charge in [0.05, 0.1) is 12.3 Å². The second-order valence-corrected chi connectivity index (χ2v) is 5.59. The summed E-state index contributed by atoms with van der Waals surface area (Å²) < 4.78 is 5.67. The second kappa shape index (κ2) is 9.22. The summed E-state index contributed by atoms with van der Waals surface area (Å²) in [6.07, 6.45) is 1.21. The summed E-state index contributed by atoms with van der Waals surface area (Å²) >= 11 is 0. The first-order chi connectivity index (χ1) is 12.0. The fourth-order valence-electron chi connectivity index (χ4n) is 2.03. The van der Waals surface area contributed by atoms with E-state index in [1.165, 1.54) is 6.21 Å². The molecule has 0 spiro atoms. The van der Waals surface area contributed by atoms with Gasteiger partial charge in [0.2, 0.25) is 11.8 Å². The topological polar surface area (TPSA) is 79.8 Å². The van der Waals surface area contributed by atoms with Gasteiger partial charge in [-0.2, -0.15) is 5.10 Å². The van der Waals surface area contributed by atoms with E-state index in [4.69, 9.17) is 4.74 Å². The second-order valence-electron chi connectivity index (χ2n) is 5.59. The van der Waals surface area contributed by atoms with Gasteiger partial charge in [0, 0.05) is 11.3 Å². The zero-order valence-corrected chi connectivity index (χ0v) is 14.2. The number of benzene rings is 2. The minimum atomic E-state index is -0.494. The van der Waals surface area contributed by atoms with Crippen molar-refractivity contribution in [2.75, 3.05) is 5.32 Å². The van der Waals surface area contributed by atoms with Crippen molar-refractivity contribution in [3.63, 3.8) is 0 Å². The van der Waals surface area contributed by atoms with Crippen LogP contribution in [0.4, 0.5) is 5.69 Å². The molecule has 2 amide bonds. The minimum absolute atomic E-state index is 0.0332. The molecule has 2 aromatic carbocycles. The quantitative estimate of drug-likeness (QED) is 0.462. The zero-order chi connectivity index (χ0) is 18.1. The van der Waals surface area contributed by atoms with Gasteiger partial charge in [0.1, 0.15) is 12.2 Å². The Hall–Kier alpha value is -3.15. The molecule has 0 fully saturated rings. The van der Waals surface area contributed by atoms with Crippen LogP contribution in [0.1, 0.15) is 25.8 Å². The van der Waals surface area contributed by atoms with Crippen LogP contribution in [-0.2, 0) is 9.59 Å². The molecule has 0 radical (unpaired) electrons. The van der Waals surface area contributed by atoms with Gasteiger partial charge in [0.25, 0.3) is 0 Å². The lowest BCUT2D eigenvalue weighted by molar-refractivity contribution is -0.126. The Kier molecular flexibility index (Phi) is 6.71. The largest absolute Gasteiger partial charge is 0.490 e. The van der Waals surface area contributed by atoms with Gasteiger partial charge < -0.3 is 10.1 Å². The van der Waals surface area contributed by atoms with Crippen molar-refractivity contribution in [1.82, 2.24) is 5.43 Å². The van der Waals surface area contributed by atoms with Gasteiger partial charge in [-0.05, 0) is 38.1 Å². The highest BCUT2D eigenvalue weighted by atomic mass is 16.5. The van der Waals surface area contributed by atoms with Gasteiger partial charge >= 0.3 is 0 Å². The molecule has 2 N–H and O–H groups in total. The normalized spacial score (nSPS) is 10.7. The third-order valence-corrected chi connectivity index (χ3v) is 3.05. The van der Waals surface area contributed by atoms with Gasteiger partial charge in [-0.15, -0.1) is 0 Å². The molecule has 0 atom stereocenters. The molecule has 25 heavy (non-hydrogen) atoms. The lowest BCUT2D eigenvalue weighted by Gasteiger charge is -2.11. The number of carbonyl (C=O) groups is 2. The predicted octanol–water partition coefficient (Wildman–Crippen LogP) is 2.95. The average molecular weight is 339 g/mol. The lowest BCUT2D eigenvalue weighted by atomic mass is 10.2. The third kappa shape index (κ3) is 6.47. The van der Waals surface area contributed by atoms with Crippen LogP contribution in [0.15, 0.2) is 59.7 Å². The van der Waals surface area contributed by atoms with E-state index in [1.54, 1.807) is 24.3 Å². The average Bonchev–Trinajstić information content (AvgIpc) is 2.56. The summed E-state index contributed by atoms with van der Waals surface area (Å²) in [6.45, 7) is 3.86. The Morgan fingerprint density at radius 2 is 1.72 bits per heavy atom. The number of hydrazone groups is 1. The molecule has 0 aliphatic rings. The number of amides is 2. The molecule has 6 heteroatoms. The van der Waals surface area contributed by atoms with Crippen molar-refractivity contribution in [3.05, 3.63) is 60.2 Å². The summed E-state index contributed by atoms with van der Waals surface area (Å²) in [7, 11) is 0. The highest BCUT2D eigenvalue weighted by Crippen LogP contribution is 2.17. The highest BCUT2D eigenvalue weighted by Gasteiger charge is 2.09. The molecule has 0 aliphatic heterocycles. The summed E-state index contributed by atoms with van der Waals surface area (Å²) in [5, 5.41) is 6.53. The Bertz CT molecular complexity index is 743. The van der Waals surface area contributed by atoms with Crippen LogP contribution in [-0.4, -0.2) is 24.1 Å². The molecule has 130 valence electrons. The van der Waals surface area contributed by atoms with E-state index in [0.29, 0.717) is 11.4 Å². The molecule has 2 aromatic rings. The molecule has 0 saturated carbocycles. The van der Waals surface area contributed by atoms with Crippen molar-refractivity contribution in [1.29, 1.82) is 0 Å². The summed E-state index contributed by atoms with van der Waals surface area (Å²) in [6, 6.07) is 16.3. The molecule has 0 heterocycles. The van der Waals surface area contributed by atoms with Crippen LogP contribution in [0, 0.1) is 0 Å². The number of anilines is 1. The van der Waals surface area contributed by atoms with Crippen molar-refractivity contribution in [2.45, 2.75) is 26.4 Å². The zero-order valence-electron chi connectivity index (χ0n) is 14.2. The fourth-order valence-corrected chi connectivity index (χ4v) is 2.03. The molecule has 0 unspecified atom stereocenters. The molecular formula is C19H21N3O3. The highest BCUT2D eigenvalue weighted by molar-refractivity contribution is 6.03. The molecule has 0 saturated heterocycles. The molecule has 0 bridgehead atoms. The Balaban J connectivity index is 1.85. The Morgan fingerprint density at radius 1 is 1.04 bits per heavy atom. The smallest absolute Gasteiger partial charge is 0.249 e. The third-order valence-electron chi connectivity index (χ3n) is 3.05. The Morgan fingerprint density at radius 3 is 2.44 bits per heavy atom. The lowest BCUT2D eigenvalue weighted by Crippen LogP contribution is -2.24. The SMILES string of the molecule is CC(C)Oc1ccccc1C=NNC(=O)CC(=O)Nc1ccccc1. The number of hydrogen-bond acceptors (Lipinski definition) is 4. The number of para-hydroxylation sites is 2. The summed E-state index contributed by atoms with van der Waals surface area (Å²) in [5.74, 6) is -0.216. The van der Waals surface area contributed by atoms with Crippen molar-refractivity contribution in [2.24, 2.45) is 5.10 Å². The van der Waals surface area contributed by atoms with E-state index in [9.17, 15) is 9.59 Å². The van der Waals surface area contributed by atoms with E-state index < -0.39 is 11.8 Å². The van der Waals surface area contributed by atoms with Gasteiger partial charge in [-0.1, -0.05) is 30.3 Å². The summed E-state index contributed by atoms with van der Waals surface area (Å²) in [5.41, 5.74) is 3.73. The predicted molar refractivity (Wildman–Crippen MR) is 97.6 cm³/mol. The van der Waals surface area contributed by atoms with E-state index in [1.807, 2.05) is 44.2 Å². The first-order valence-corrected chi connectivity index (χ1v) is 7.97. The maximum Gasteiger partial charge on any atom is 0.249 e. The maximum absolute atomic E-state index is 11.8. The van der Waals surface area contributed by atoms with E-state index in [-0.39, 0.29) is 12.5 Å². The van der Waals surface area contributed by atoms with Crippen LogP contribution in [0.5, 0.6) is 5.75 Å². The first kappa shape index (κ1) is 18.2. The van der Waals surface area contributed by atoms with Crippen LogP contribution >= 0.6 is 0 Å². The Labute approximate surface area is 146 Å². The number of ether oxygens (including phenoxy) is 1. The number of nitrogens with zero attached hydrogens (tertiary/aromatic N) is 1. The van der Waals surface area contributed by atoms with E-state index in [2.05, 4.69) is 15.8 Å². The molecular weight excluding hydrogens is 318 g/mol. The molecule has 2 rings (SSSR count). The maximum atomic E-state index is 11.8. The first-order valence-electron chi connectivity index (χ1n) is 7.97. The molecule has 6 nitrogen and oxygen atoms in total. The number of rotatable bonds is 7. The van der Waals surface area contributed by atoms with Gasteiger partial charge in [-0.3, -0.25) is 9.59 Å². The van der Waals surface area contributed by atoms with Crippen LogP contribution in [0.3, 0.4) is 0 Å². The number of carbonyl (C=O) groups excluding carboxylic acids is 2. The minimum Gasteiger partial charge on any atom is -0.490 e. The van der Waals surface area contributed by atoms with Crippen molar-refractivity contribution >= 4 is 23.7 Å². The van der Waals surface area contributed by atoms with Crippen LogP contribution < -0.4 is 15.5 Å². The molecule has 0 aliphatic carbocycles. The summed E-state index contributed by atoms with van der Waals surface area (Å²) in [4.78, 5) is 23.6. The van der Waals surface area contributed by atoms with Gasteiger partial charge in [-0.25, -0.2) is 5.43 Å². The fraction of sp³-hybridized carbons (Fsp3) is 0.211.